The Morgan fingerprint density at radius 1 is 1.59 bits per heavy atom. The third-order valence-electron chi connectivity index (χ3n) is 2.26. The number of amides is 1. The molecule has 0 saturated heterocycles. The fourth-order valence-corrected chi connectivity index (χ4v) is 1.51. The summed E-state index contributed by atoms with van der Waals surface area (Å²) in [5.74, 6) is 0. The van der Waals surface area contributed by atoms with Crippen LogP contribution >= 0.6 is 0 Å². The van der Waals surface area contributed by atoms with Gasteiger partial charge in [-0.1, -0.05) is 0 Å². The van der Waals surface area contributed by atoms with Crippen molar-refractivity contribution in [3.05, 3.63) is 18.2 Å². The van der Waals surface area contributed by atoms with Gasteiger partial charge < -0.3 is 14.6 Å². The molecule has 0 aromatic carbocycles. The van der Waals surface area contributed by atoms with E-state index in [1.165, 1.54) is 0 Å². The van der Waals surface area contributed by atoms with E-state index in [0.717, 1.165) is 12.2 Å². The second-order valence-electron chi connectivity index (χ2n) is 4.97. The van der Waals surface area contributed by atoms with Crippen LogP contribution in [0.15, 0.2) is 12.5 Å². The highest BCUT2D eigenvalue weighted by Crippen LogP contribution is 2.13. The fourth-order valence-electron chi connectivity index (χ4n) is 1.51. The van der Waals surface area contributed by atoms with Crippen LogP contribution in [0.5, 0.6) is 0 Å². The van der Waals surface area contributed by atoms with Gasteiger partial charge in [-0.3, -0.25) is 0 Å². The van der Waals surface area contributed by atoms with Crippen molar-refractivity contribution in [1.82, 2.24) is 14.9 Å². The van der Waals surface area contributed by atoms with Gasteiger partial charge in [-0.25, -0.2) is 9.78 Å². The van der Waals surface area contributed by atoms with Crippen LogP contribution in [0.3, 0.4) is 0 Å². The first-order valence-corrected chi connectivity index (χ1v) is 5.83. The van der Waals surface area contributed by atoms with E-state index < -0.39 is 11.7 Å². The van der Waals surface area contributed by atoms with E-state index in [9.17, 15) is 4.79 Å². The first kappa shape index (κ1) is 13.5. The summed E-state index contributed by atoms with van der Waals surface area (Å²) in [6.45, 7) is 10.3. The second kappa shape index (κ2) is 5.21. The zero-order valence-electron chi connectivity index (χ0n) is 11.2. The van der Waals surface area contributed by atoms with Gasteiger partial charge in [0.05, 0.1) is 24.3 Å². The Balaban J connectivity index is 2.61. The van der Waals surface area contributed by atoms with Crippen LogP contribution in [0.2, 0.25) is 0 Å². The highest BCUT2D eigenvalue weighted by atomic mass is 16.6. The van der Waals surface area contributed by atoms with Crippen molar-refractivity contribution in [1.29, 1.82) is 0 Å². The normalized spacial score (nSPS) is 13.2. The summed E-state index contributed by atoms with van der Waals surface area (Å²) in [5.41, 5.74) is 0.493. The number of imidazole rings is 1. The molecule has 0 radical (unpaired) electrons. The van der Waals surface area contributed by atoms with Crippen LogP contribution < -0.4 is 5.32 Å². The summed E-state index contributed by atoms with van der Waals surface area (Å²) < 4.78 is 7.19. The monoisotopic (exact) mass is 239 g/mol. The molecule has 0 fully saturated rings. The lowest BCUT2D eigenvalue weighted by molar-refractivity contribution is 0.0506. The summed E-state index contributed by atoms with van der Waals surface area (Å²) >= 11 is 0. The number of carbonyl (C=O) groups is 1. The molecule has 0 saturated carbocycles. The van der Waals surface area contributed by atoms with Gasteiger partial charge in [0.25, 0.3) is 0 Å². The molecule has 5 nitrogen and oxygen atoms in total. The molecule has 0 aliphatic carbocycles. The Labute approximate surface area is 102 Å². The zero-order chi connectivity index (χ0) is 13.1. The molecule has 0 spiro atoms. The third kappa shape index (κ3) is 4.09. The average Bonchev–Trinajstić information content (AvgIpc) is 2.61. The number of nitrogens with zero attached hydrogens (tertiary/aromatic N) is 2. The Hall–Kier alpha value is -1.52. The predicted octanol–water partition coefficient (Wildman–Crippen LogP) is 2.49. The summed E-state index contributed by atoms with van der Waals surface area (Å²) in [5, 5.41) is 2.79. The summed E-state index contributed by atoms with van der Waals surface area (Å²) in [4.78, 5) is 15.7. The van der Waals surface area contributed by atoms with E-state index in [4.69, 9.17) is 4.74 Å². The van der Waals surface area contributed by atoms with Crippen molar-refractivity contribution in [2.45, 2.75) is 52.8 Å². The number of ether oxygens (including phenoxy) is 1. The van der Waals surface area contributed by atoms with Crippen LogP contribution in [0, 0.1) is 0 Å². The minimum atomic E-state index is -0.477. The molecule has 0 unspecified atom stereocenters. The summed E-state index contributed by atoms with van der Waals surface area (Å²) in [6, 6.07) is -0.118. The van der Waals surface area contributed by atoms with Crippen LogP contribution in [-0.2, 0) is 11.3 Å². The molecular weight excluding hydrogens is 218 g/mol. The van der Waals surface area contributed by atoms with Crippen LogP contribution in [-0.4, -0.2) is 21.2 Å². The molecule has 1 aromatic heterocycles. The number of rotatable bonds is 3. The van der Waals surface area contributed by atoms with Gasteiger partial charge in [-0.05, 0) is 34.6 Å². The molecule has 5 heteroatoms. The number of carbonyl (C=O) groups excluding carboxylic acids is 1. The van der Waals surface area contributed by atoms with E-state index >= 15 is 0 Å². The lowest BCUT2D eigenvalue weighted by Crippen LogP contribution is -2.34. The lowest BCUT2D eigenvalue weighted by atomic mass is 10.2. The van der Waals surface area contributed by atoms with Crippen LogP contribution in [0.25, 0.3) is 0 Å². The number of hydrogen-bond donors (Lipinski definition) is 1. The number of aryl methyl sites for hydroxylation is 1. The van der Waals surface area contributed by atoms with Gasteiger partial charge in [0.15, 0.2) is 0 Å². The van der Waals surface area contributed by atoms with Crippen molar-refractivity contribution in [2.75, 3.05) is 0 Å². The molecule has 0 bridgehead atoms. The summed E-state index contributed by atoms with van der Waals surface area (Å²) in [6.07, 6.45) is 3.10. The first-order chi connectivity index (χ1) is 7.83. The zero-order valence-corrected chi connectivity index (χ0v) is 11.2. The minimum Gasteiger partial charge on any atom is -0.444 e. The largest absolute Gasteiger partial charge is 0.444 e. The standard InChI is InChI=1S/C12H21N3O2/c1-6-15-8-13-7-10(15)9(2)14-11(16)17-12(3,4)5/h7-9H,6H2,1-5H3,(H,14,16)/t9-/m0/s1. The highest BCUT2D eigenvalue weighted by molar-refractivity contribution is 5.68. The van der Waals surface area contributed by atoms with Crippen molar-refractivity contribution < 1.29 is 9.53 Å². The molecular formula is C12H21N3O2. The fraction of sp³-hybridized carbons (Fsp3) is 0.667. The van der Waals surface area contributed by atoms with Gasteiger partial charge in [0, 0.05) is 6.54 Å². The lowest BCUT2D eigenvalue weighted by Gasteiger charge is -2.22. The third-order valence-corrected chi connectivity index (χ3v) is 2.26. The van der Waals surface area contributed by atoms with E-state index in [2.05, 4.69) is 10.3 Å². The molecule has 17 heavy (non-hydrogen) atoms. The first-order valence-electron chi connectivity index (χ1n) is 5.83. The molecule has 1 rings (SSSR count). The molecule has 96 valence electrons. The van der Waals surface area contributed by atoms with Gasteiger partial charge in [-0.15, -0.1) is 0 Å². The van der Waals surface area contributed by atoms with Crippen molar-refractivity contribution in [2.24, 2.45) is 0 Å². The molecule has 1 N–H and O–H groups in total. The van der Waals surface area contributed by atoms with E-state index in [-0.39, 0.29) is 6.04 Å². The maximum Gasteiger partial charge on any atom is 0.408 e. The Bertz CT molecular complexity index is 379. The predicted molar refractivity (Wildman–Crippen MR) is 65.7 cm³/mol. The Morgan fingerprint density at radius 3 is 2.76 bits per heavy atom. The molecule has 1 atom stereocenters. The molecule has 0 aliphatic heterocycles. The van der Waals surface area contributed by atoms with Gasteiger partial charge >= 0.3 is 6.09 Å². The van der Waals surface area contributed by atoms with Crippen molar-refractivity contribution >= 4 is 6.09 Å². The van der Waals surface area contributed by atoms with Crippen molar-refractivity contribution in [3.8, 4) is 0 Å². The molecule has 1 aromatic rings. The summed E-state index contributed by atoms with van der Waals surface area (Å²) in [7, 11) is 0. The van der Waals surface area contributed by atoms with E-state index in [0.29, 0.717) is 0 Å². The number of hydrogen-bond acceptors (Lipinski definition) is 3. The molecule has 1 heterocycles. The average molecular weight is 239 g/mol. The molecule has 1 amide bonds. The second-order valence-corrected chi connectivity index (χ2v) is 4.97. The maximum absolute atomic E-state index is 11.6. The minimum absolute atomic E-state index is 0.118. The van der Waals surface area contributed by atoms with Crippen molar-refractivity contribution in [3.63, 3.8) is 0 Å². The number of aromatic nitrogens is 2. The quantitative estimate of drug-likeness (QED) is 0.881. The topological polar surface area (TPSA) is 56.2 Å². The van der Waals surface area contributed by atoms with Crippen LogP contribution in [0.4, 0.5) is 4.79 Å². The van der Waals surface area contributed by atoms with Crippen LogP contribution in [0.1, 0.15) is 46.4 Å². The van der Waals surface area contributed by atoms with Gasteiger partial charge in [-0.2, -0.15) is 0 Å². The maximum atomic E-state index is 11.6. The number of alkyl carbamates (subject to hydrolysis) is 1. The molecule has 0 aliphatic rings. The van der Waals surface area contributed by atoms with E-state index in [1.807, 2.05) is 39.2 Å². The SMILES string of the molecule is CCn1cncc1[C@H](C)NC(=O)OC(C)(C)C. The number of nitrogens with one attached hydrogen (secondary N) is 1. The Morgan fingerprint density at radius 2 is 2.24 bits per heavy atom. The van der Waals surface area contributed by atoms with Gasteiger partial charge in [0.1, 0.15) is 5.60 Å². The Kier molecular flexibility index (Phi) is 4.15. The highest BCUT2D eigenvalue weighted by Gasteiger charge is 2.19. The smallest absolute Gasteiger partial charge is 0.408 e. The van der Waals surface area contributed by atoms with E-state index in [1.54, 1.807) is 12.5 Å². The van der Waals surface area contributed by atoms with Gasteiger partial charge in [0.2, 0.25) is 0 Å².